The molecule has 1 saturated carbocycles. The Morgan fingerprint density at radius 2 is 1.82 bits per heavy atom. The summed E-state index contributed by atoms with van der Waals surface area (Å²) >= 11 is 11.9. The van der Waals surface area contributed by atoms with E-state index in [9.17, 15) is 14.1 Å². The molecule has 0 radical (unpaired) electrons. The lowest BCUT2D eigenvalue weighted by atomic mass is 9.77. The normalized spacial score (nSPS) is 22.4. The lowest BCUT2D eigenvalue weighted by molar-refractivity contribution is -0.139. The first-order valence-corrected chi connectivity index (χ1v) is 16.8. The number of ether oxygens (including phenoxy) is 1. The number of nitrogens with one attached hydrogen (secondary N) is 2. The standard InChI is InChI=1S/C32H35Cl2N3O6S/c1-44(41)36-28-8-4-5-9-29(28)37-31(25-15-12-21(33)16-27(25)34)26(23-6-2-3-7-24(23)32(37)40)17-35-43-18-20-10-13-22(14-11-20)42-19-30(38)39/h2-3,6-7,10-16,26,28-29,31,35-36H,4-5,8-9,17-19H2,1H3,(H,38,39)/t26-,28+,29+,31+,44?/m1/s1. The van der Waals surface area contributed by atoms with Gasteiger partial charge in [-0.3, -0.25) is 9.63 Å². The molecule has 5 atom stereocenters. The maximum absolute atomic E-state index is 14.3. The van der Waals surface area contributed by atoms with Gasteiger partial charge >= 0.3 is 5.97 Å². The quantitative estimate of drug-likeness (QED) is 0.129. The van der Waals surface area contributed by atoms with Crippen LogP contribution in [0.5, 0.6) is 5.75 Å². The summed E-state index contributed by atoms with van der Waals surface area (Å²) in [6, 6.07) is 19.2. The molecule has 0 spiro atoms. The number of carbonyl (C=O) groups is 2. The molecule has 12 heteroatoms. The van der Waals surface area contributed by atoms with Crippen molar-refractivity contribution in [1.29, 1.82) is 0 Å². The molecule has 5 rings (SSSR count). The van der Waals surface area contributed by atoms with Gasteiger partial charge in [-0.25, -0.2) is 10.3 Å². The summed E-state index contributed by atoms with van der Waals surface area (Å²) in [4.78, 5) is 32.9. The van der Waals surface area contributed by atoms with Crippen molar-refractivity contribution in [2.75, 3.05) is 19.4 Å². The molecule has 9 nitrogen and oxygen atoms in total. The average Bonchev–Trinajstić information content (AvgIpc) is 3.00. The van der Waals surface area contributed by atoms with Crippen LogP contribution in [0.1, 0.15) is 64.7 Å². The predicted molar refractivity (Wildman–Crippen MR) is 170 cm³/mol. The lowest BCUT2D eigenvalue weighted by Crippen LogP contribution is -2.58. The van der Waals surface area contributed by atoms with Gasteiger partial charge in [0.05, 0.1) is 24.7 Å². The fraction of sp³-hybridized carbons (Fsp3) is 0.375. The number of aliphatic carboxylic acids is 1. The molecule has 3 aromatic rings. The second-order valence-corrected chi connectivity index (χ2v) is 13.0. The van der Waals surface area contributed by atoms with E-state index in [1.165, 1.54) is 0 Å². The number of halogens is 2. The van der Waals surface area contributed by atoms with Gasteiger partial charge in [0, 0.05) is 39.4 Å². The SMILES string of the molecule is C[S+]([O-])N[C@H]1CCCC[C@@H]1N1C(=O)c2ccccc2[C@@H](CNOCc2ccc(OCC(=O)O)cc2)[C@@H]1c1ccc(Cl)cc1Cl. The zero-order valence-corrected chi connectivity index (χ0v) is 26.5. The van der Waals surface area contributed by atoms with Crippen LogP contribution in [-0.4, -0.2) is 57.9 Å². The van der Waals surface area contributed by atoms with Crippen LogP contribution in [0.15, 0.2) is 66.7 Å². The summed E-state index contributed by atoms with van der Waals surface area (Å²) in [6.45, 7) is 0.209. The van der Waals surface area contributed by atoms with Crippen LogP contribution in [0.3, 0.4) is 0 Å². The minimum atomic E-state index is -1.24. The van der Waals surface area contributed by atoms with Gasteiger partial charge in [-0.05, 0) is 59.9 Å². The van der Waals surface area contributed by atoms with E-state index in [0.29, 0.717) is 27.9 Å². The van der Waals surface area contributed by atoms with Crippen LogP contribution in [0, 0.1) is 0 Å². The van der Waals surface area contributed by atoms with E-state index in [4.69, 9.17) is 37.9 Å². The van der Waals surface area contributed by atoms with Crippen molar-refractivity contribution in [2.45, 2.75) is 56.3 Å². The predicted octanol–water partition coefficient (Wildman–Crippen LogP) is 5.65. The Morgan fingerprint density at radius 3 is 2.55 bits per heavy atom. The number of carboxylic acids is 1. The molecule has 0 bridgehead atoms. The Hall–Kier alpha value is -2.83. The number of fused-ring (bicyclic) bond motifs is 1. The first kappa shape index (κ1) is 32.6. The zero-order chi connectivity index (χ0) is 31.2. The Labute approximate surface area is 270 Å². The van der Waals surface area contributed by atoms with Crippen LogP contribution in [-0.2, 0) is 27.6 Å². The van der Waals surface area contributed by atoms with Gasteiger partial charge in [-0.2, -0.15) is 0 Å². The fourth-order valence-electron chi connectivity index (χ4n) is 6.24. The second-order valence-electron chi connectivity index (χ2n) is 11.0. The fourth-order valence-corrected chi connectivity index (χ4v) is 7.46. The molecule has 1 amide bonds. The number of carboxylic acid groups (broad SMARTS) is 1. The van der Waals surface area contributed by atoms with E-state index in [0.717, 1.165) is 42.4 Å². The largest absolute Gasteiger partial charge is 0.598 e. The summed E-state index contributed by atoms with van der Waals surface area (Å²) in [5, 5.41) is 9.78. The molecular weight excluding hydrogens is 625 g/mol. The molecule has 1 fully saturated rings. The van der Waals surface area contributed by atoms with Gasteiger partial charge in [0.25, 0.3) is 5.91 Å². The van der Waals surface area contributed by atoms with E-state index in [2.05, 4.69) is 10.2 Å². The molecule has 0 saturated heterocycles. The number of carbonyl (C=O) groups excluding carboxylic acids is 1. The number of hydroxylamine groups is 1. The van der Waals surface area contributed by atoms with Crippen LogP contribution in [0.25, 0.3) is 0 Å². The van der Waals surface area contributed by atoms with Crippen LogP contribution < -0.4 is 14.9 Å². The van der Waals surface area contributed by atoms with Crippen molar-refractivity contribution < 1.29 is 28.8 Å². The zero-order valence-electron chi connectivity index (χ0n) is 24.2. The highest BCUT2D eigenvalue weighted by molar-refractivity contribution is 7.88. The summed E-state index contributed by atoms with van der Waals surface area (Å²) < 4.78 is 20.7. The highest BCUT2D eigenvalue weighted by atomic mass is 35.5. The minimum Gasteiger partial charge on any atom is -0.598 e. The van der Waals surface area contributed by atoms with Crippen molar-refractivity contribution in [3.05, 3.63) is 99.0 Å². The Morgan fingerprint density at radius 1 is 1.07 bits per heavy atom. The average molecular weight is 661 g/mol. The molecule has 1 aliphatic carbocycles. The molecular formula is C32H35Cl2N3O6S. The molecule has 3 N–H and O–H groups in total. The Bertz CT molecular complexity index is 1460. The Balaban J connectivity index is 1.43. The second kappa shape index (κ2) is 15.0. The highest BCUT2D eigenvalue weighted by Gasteiger charge is 2.47. The summed E-state index contributed by atoms with van der Waals surface area (Å²) in [5.74, 6) is -0.901. The third kappa shape index (κ3) is 7.69. The van der Waals surface area contributed by atoms with Crippen LogP contribution in [0.2, 0.25) is 10.0 Å². The Kier molecular flexibility index (Phi) is 11.1. The first-order chi connectivity index (χ1) is 21.2. The smallest absolute Gasteiger partial charge is 0.341 e. The number of hydrogen-bond acceptors (Lipinski definition) is 7. The van der Waals surface area contributed by atoms with Crippen molar-refractivity contribution in [3.63, 3.8) is 0 Å². The monoisotopic (exact) mass is 659 g/mol. The third-order valence-corrected chi connectivity index (χ3v) is 9.32. The topological polar surface area (TPSA) is 123 Å². The molecule has 234 valence electrons. The third-order valence-electron chi connectivity index (χ3n) is 8.12. The van der Waals surface area contributed by atoms with Crippen LogP contribution >= 0.6 is 23.2 Å². The van der Waals surface area contributed by atoms with Gasteiger partial charge in [0.1, 0.15) is 12.0 Å². The summed E-state index contributed by atoms with van der Waals surface area (Å²) in [6.07, 6.45) is 5.14. The van der Waals surface area contributed by atoms with Crippen molar-refractivity contribution in [3.8, 4) is 5.75 Å². The number of amides is 1. The van der Waals surface area contributed by atoms with Gasteiger partial charge in [-0.1, -0.05) is 72.4 Å². The molecule has 0 aromatic heterocycles. The van der Waals surface area contributed by atoms with E-state index in [1.807, 2.05) is 35.2 Å². The van der Waals surface area contributed by atoms with E-state index in [-0.39, 0.29) is 30.5 Å². The van der Waals surface area contributed by atoms with Gasteiger partial charge in [0.2, 0.25) is 0 Å². The molecule has 1 unspecified atom stereocenters. The van der Waals surface area contributed by atoms with Gasteiger partial charge < -0.3 is 19.3 Å². The molecule has 1 aliphatic heterocycles. The molecule has 2 aliphatic rings. The summed E-state index contributed by atoms with van der Waals surface area (Å²) in [7, 11) is 0. The maximum atomic E-state index is 14.3. The molecule has 3 aromatic carbocycles. The summed E-state index contributed by atoms with van der Waals surface area (Å²) in [5.41, 5.74) is 6.29. The molecule has 1 heterocycles. The highest BCUT2D eigenvalue weighted by Crippen LogP contribution is 2.47. The lowest BCUT2D eigenvalue weighted by Gasteiger charge is -2.49. The van der Waals surface area contributed by atoms with Gasteiger partial charge in [-0.15, -0.1) is 4.72 Å². The maximum Gasteiger partial charge on any atom is 0.341 e. The number of hydrogen-bond donors (Lipinski definition) is 3. The van der Waals surface area contributed by atoms with Gasteiger partial charge in [0.15, 0.2) is 6.61 Å². The van der Waals surface area contributed by atoms with E-state index < -0.39 is 30.0 Å². The van der Waals surface area contributed by atoms with Crippen molar-refractivity contribution >= 4 is 46.4 Å². The van der Waals surface area contributed by atoms with Crippen molar-refractivity contribution in [1.82, 2.24) is 15.1 Å². The van der Waals surface area contributed by atoms with E-state index >= 15 is 0 Å². The number of benzene rings is 3. The molecule has 44 heavy (non-hydrogen) atoms. The number of rotatable bonds is 12. The number of nitrogens with zero attached hydrogens (tertiary/aromatic N) is 1. The first-order valence-electron chi connectivity index (χ1n) is 14.5. The van der Waals surface area contributed by atoms with Crippen molar-refractivity contribution in [2.24, 2.45) is 0 Å². The minimum absolute atomic E-state index is 0.0837. The van der Waals surface area contributed by atoms with E-state index in [1.54, 1.807) is 42.7 Å². The van der Waals surface area contributed by atoms with Crippen LogP contribution in [0.4, 0.5) is 0 Å².